The van der Waals surface area contributed by atoms with E-state index in [1.807, 2.05) is 13.8 Å². The first kappa shape index (κ1) is 13.7. The molecule has 0 bridgehead atoms. The molecule has 0 aromatic rings. The fourth-order valence-corrected chi connectivity index (χ4v) is 4.02. The molecule has 0 spiro atoms. The lowest BCUT2D eigenvalue weighted by atomic mass is 10.2. The molecule has 0 aromatic heterocycles. The molecule has 6 heteroatoms. The van der Waals surface area contributed by atoms with Gasteiger partial charge in [0.2, 0.25) is 11.8 Å². The molecule has 2 aliphatic heterocycles. The topological polar surface area (TPSA) is 69.6 Å². The van der Waals surface area contributed by atoms with Crippen LogP contribution in [0.15, 0.2) is 0 Å². The number of nitrogens with zero attached hydrogens (tertiary/aromatic N) is 1. The average molecular weight is 272 g/mol. The number of thioether (sulfide) groups is 1. The maximum absolute atomic E-state index is 12.2. The van der Waals surface area contributed by atoms with Gasteiger partial charge in [0, 0.05) is 12.2 Å². The smallest absolute Gasteiger partial charge is 0.244 e. The molecule has 2 N–H and O–H groups in total. The van der Waals surface area contributed by atoms with E-state index < -0.39 is 0 Å². The van der Waals surface area contributed by atoms with Crippen LogP contribution in [0.25, 0.3) is 0 Å². The van der Waals surface area contributed by atoms with Crippen LogP contribution in [-0.4, -0.2) is 51.1 Å². The van der Waals surface area contributed by atoms with Gasteiger partial charge in [0.1, 0.15) is 6.04 Å². The van der Waals surface area contributed by atoms with Crippen LogP contribution in [0, 0.1) is 0 Å². The van der Waals surface area contributed by atoms with Gasteiger partial charge in [-0.1, -0.05) is 6.92 Å². The number of amides is 2. The Bertz CT molecular complexity index is 359. The van der Waals surface area contributed by atoms with Gasteiger partial charge in [0.15, 0.2) is 0 Å². The minimum absolute atomic E-state index is 0.0622. The van der Waals surface area contributed by atoms with Crippen molar-refractivity contribution < 1.29 is 14.7 Å². The van der Waals surface area contributed by atoms with Crippen molar-refractivity contribution in [3.63, 3.8) is 0 Å². The van der Waals surface area contributed by atoms with Crippen LogP contribution in [0.4, 0.5) is 0 Å². The Balaban J connectivity index is 2.05. The molecule has 2 heterocycles. The molecule has 2 saturated heterocycles. The van der Waals surface area contributed by atoms with Crippen LogP contribution >= 0.6 is 11.8 Å². The van der Waals surface area contributed by atoms with Crippen molar-refractivity contribution in [2.75, 3.05) is 12.4 Å². The van der Waals surface area contributed by atoms with Crippen LogP contribution in [0.3, 0.4) is 0 Å². The molecule has 0 aliphatic carbocycles. The third-order valence-corrected chi connectivity index (χ3v) is 5.31. The zero-order valence-electron chi connectivity index (χ0n) is 10.8. The predicted octanol–water partition coefficient (Wildman–Crippen LogP) is 0.327. The standard InChI is InChI=1S/C12H20N2O3S/c1-3-8(6-15)13-11(17)9-7-18-12(2)5-4-10(16)14(9)12/h8-9,15H,3-7H2,1-2H3,(H,13,17)/t8-,9?,12?/m0/s1. The highest BCUT2D eigenvalue weighted by atomic mass is 32.2. The summed E-state index contributed by atoms with van der Waals surface area (Å²) >= 11 is 1.68. The van der Waals surface area contributed by atoms with Gasteiger partial charge < -0.3 is 15.3 Å². The van der Waals surface area contributed by atoms with E-state index in [-0.39, 0.29) is 35.4 Å². The Hall–Kier alpha value is -0.750. The number of hydrogen-bond acceptors (Lipinski definition) is 4. The highest BCUT2D eigenvalue weighted by molar-refractivity contribution is 8.01. The predicted molar refractivity (Wildman–Crippen MR) is 70.0 cm³/mol. The van der Waals surface area contributed by atoms with Crippen molar-refractivity contribution in [1.82, 2.24) is 10.2 Å². The molecule has 2 aliphatic rings. The molecule has 0 aromatic carbocycles. The number of rotatable bonds is 4. The van der Waals surface area contributed by atoms with Crippen molar-refractivity contribution >= 4 is 23.6 Å². The van der Waals surface area contributed by atoms with Crippen molar-refractivity contribution in [1.29, 1.82) is 0 Å². The van der Waals surface area contributed by atoms with Gasteiger partial charge >= 0.3 is 0 Å². The van der Waals surface area contributed by atoms with Gasteiger partial charge in [0.25, 0.3) is 0 Å². The van der Waals surface area contributed by atoms with E-state index in [0.29, 0.717) is 18.6 Å². The maximum Gasteiger partial charge on any atom is 0.244 e. The second-order valence-corrected chi connectivity index (χ2v) is 6.56. The summed E-state index contributed by atoms with van der Waals surface area (Å²) in [5.41, 5.74) is 0. The molecule has 2 rings (SSSR count). The molecule has 2 unspecified atom stereocenters. The van der Waals surface area contributed by atoms with Gasteiger partial charge in [-0.25, -0.2) is 0 Å². The molecular weight excluding hydrogens is 252 g/mol. The second-order valence-electron chi connectivity index (χ2n) is 5.06. The molecule has 0 radical (unpaired) electrons. The summed E-state index contributed by atoms with van der Waals surface area (Å²) in [6, 6.07) is -0.595. The third-order valence-electron chi connectivity index (χ3n) is 3.81. The van der Waals surface area contributed by atoms with E-state index in [1.165, 1.54) is 0 Å². The van der Waals surface area contributed by atoms with Gasteiger partial charge in [0.05, 0.1) is 17.5 Å². The van der Waals surface area contributed by atoms with E-state index in [9.17, 15) is 9.59 Å². The number of fused-ring (bicyclic) bond motifs is 1. The fraction of sp³-hybridized carbons (Fsp3) is 0.833. The quantitative estimate of drug-likeness (QED) is 0.773. The summed E-state index contributed by atoms with van der Waals surface area (Å²) in [5, 5.41) is 11.9. The van der Waals surface area contributed by atoms with Crippen LogP contribution in [0.2, 0.25) is 0 Å². The van der Waals surface area contributed by atoms with Crippen LogP contribution in [0.5, 0.6) is 0 Å². The molecule has 0 saturated carbocycles. The number of carbonyl (C=O) groups excluding carboxylic acids is 2. The van der Waals surface area contributed by atoms with E-state index >= 15 is 0 Å². The first-order valence-corrected chi connectivity index (χ1v) is 7.37. The second kappa shape index (κ2) is 5.09. The van der Waals surface area contributed by atoms with Crippen LogP contribution in [-0.2, 0) is 9.59 Å². The molecule has 2 fully saturated rings. The summed E-state index contributed by atoms with van der Waals surface area (Å²) in [6.45, 7) is 3.88. The Morgan fingerprint density at radius 2 is 2.44 bits per heavy atom. The lowest BCUT2D eigenvalue weighted by Gasteiger charge is -2.30. The molecule has 18 heavy (non-hydrogen) atoms. The molecule has 5 nitrogen and oxygen atoms in total. The Morgan fingerprint density at radius 1 is 1.72 bits per heavy atom. The average Bonchev–Trinajstić information content (AvgIpc) is 2.84. The first-order chi connectivity index (χ1) is 8.51. The minimum Gasteiger partial charge on any atom is -0.394 e. The van der Waals surface area contributed by atoms with Gasteiger partial charge in [-0.2, -0.15) is 0 Å². The summed E-state index contributed by atoms with van der Waals surface area (Å²) < 4.78 is 0. The fourth-order valence-electron chi connectivity index (χ4n) is 2.59. The van der Waals surface area contributed by atoms with Crippen molar-refractivity contribution in [3.05, 3.63) is 0 Å². The summed E-state index contributed by atoms with van der Waals surface area (Å²) in [4.78, 5) is 25.6. The zero-order chi connectivity index (χ0) is 13.3. The summed E-state index contributed by atoms with van der Waals surface area (Å²) in [5.74, 6) is 0.581. The number of aliphatic hydroxyl groups excluding tert-OH is 1. The van der Waals surface area contributed by atoms with Crippen molar-refractivity contribution in [2.45, 2.75) is 50.1 Å². The lowest BCUT2D eigenvalue weighted by Crippen LogP contribution is -2.52. The maximum atomic E-state index is 12.2. The first-order valence-electron chi connectivity index (χ1n) is 6.39. The highest BCUT2D eigenvalue weighted by Gasteiger charge is 2.52. The Morgan fingerprint density at radius 3 is 3.06 bits per heavy atom. The van der Waals surface area contributed by atoms with Gasteiger partial charge in [-0.15, -0.1) is 11.8 Å². The van der Waals surface area contributed by atoms with E-state index in [2.05, 4.69) is 5.32 Å². The molecule has 2 amide bonds. The minimum atomic E-state index is -0.379. The van der Waals surface area contributed by atoms with Crippen LogP contribution < -0.4 is 5.32 Å². The highest BCUT2D eigenvalue weighted by Crippen LogP contribution is 2.47. The SMILES string of the molecule is CC[C@@H](CO)NC(=O)C1CSC2(C)CCC(=O)N12. The molecular formula is C12H20N2O3S. The van der Waals surface area contributed by atoms with E-state index in [4.69, 9.17) is 5.11 Å². The zero-order valence-corrected chi connectivity index (χ0v) is 11.6. The molecule has 102 valence electrons. The normalized spacial score (nSPS) is 32.5. The third kappa shape index (κ3) is 2.23. The number of aliphatic hydroxyl groups is 1. The molecule has 3 atom stereocenters. The van der Waals surface area contributed by atoms with Gasteiger partial charge in [-0.05, 0) is 19.8 Å². The number of carbonyl (C=O) groups is 2. The monoisotopic (exact) mass is 272 g/mol. The number of nitrogens with one attached hydrogen (secondary N) is 1. The summed E-state index contributed by atoms with van der Waals surface area (Å²) in [7, 11) is 0. The van der Waals surface area contributed by atoms with Gasteiger partial charge in [-0.3, -0.25) is 9.59 Å². The largest absolute Gasteiger partial charge is 0.394 e. The van der Waals surface area contributed by atoms with Crippen molar-refractivity contribution in [3.8, 4) is 0 Å². The Labute approximate surface area is 111 Å². The number of hydrogen-bond donors (Lipinski definition) is 2. The Kier molecular flexibility index (Phi) is 3.87. The van der Waals surface area contributed by atoms with Crippen LogP contribution in [0.1, 0.15) is 33.1 Å². The van der Waals surface area contributed by atoms with E-state index in [0.717, 1.165) is 6.42 Å². The lowest BCUT2D eigenvalue weighted by molar-refractivity contribution is -0.138. The van der Waals surface area contributed by atoms with E-state index in [1.54, 1.807) is 16.7 Å². The summed E-state index contributed by atoms with van der Waals surface area (Å²) in [6.07, 6.45) is 2.04. The van der Waals surface area contributed by atoms with Crippen molar-refractivity contribution in [2.24, 2.45) is 0 Å².